The fourth-order valence-corrected chi connectivity index (χ4v) is 0.460. The van der Waals surface area contributed by atoms with Gasteiger partial charge in [-0.3, -0.25) is 4.79 Å². The zero-order valence-electron chi connectivity index (χ0n) is 6.19. The van der Waals surface area contributed by atoms with E-state index in [9.17, 15) is 9.70 Å². The van der Waals surface area contributed by atoms with Crippen molar-refractivity contribution >= 4 is 5.97 Å². The number of rotatable bonds is 5. The first kappa shape index (κ1) is 9.83. The molecule has 0 bridgehead atoms. The number of esters is 1. The molecule has 0 unspecified atom stereocenters. The Labute approximate surface area is 63.7 Å². The molecule has 1 N–H and O–H groups in total. The first-order valence-electron chi connectivity index (χ1n) is 3.00. The number of aliphatic hydroxyl groups excluding tert-OH is 1. The van der Waals surface area contributed by atoms with Gasteiger partial charge >= 0.3 is 5.97 Å². The van der Waals surface area contributed by atoms with Gasteiger partial charge in [0.05, 0.1) is 25.4 Å². The molecule has 0 aliphatic carbocycles. The van der Waals surface area contributed by atoms with Gasteiger partial charge in [0.1, 0.15) is 6.73 Å². The molecule has 11 heavy (non-hydrogen) atoms. The van der Waals surface area contributed by atoms with Gasteiger partial charge < -0.3 is 9.84 Å². The molecule has 6 nitrogen and oxygen atoms in total. The molecular weight excluding hydrogens is 152 g/mol. The molecule has 0 atom stereocenters. The van der Waals surface area contributed by atoms with Gasteiger partial charge in [0.15, 0.2) is 0 Å². The third-order valence-corrected chi connectivity index (χ3v) is 1.08. The second-order valence-corrected chi connectivity index (χ2v) is 1.78. The molecule has 0 radical (unpaired) electrons. The lowest BCUT2D eigenvalue weighted by Crippen LogP contribution is -2.21. The van der Waals surface area contributed by atoms with E-state index < -0.39 is 12.7 Å². The number of nitrogens with zero attached hydrogens (tertiary/aromatic N) is 2. The number of hydrogen-bond donors (Lipinski definition) is 1. The molecule has 0 aliphatic heterocycles. The Morgan fingerprint density at radius 3 is 2.73 bits per heavy atom. The zero-order valence-corrected chi connectivity index (χ0v) is 6.19. The van der Waals surface area contributed by atoms with Gasteiger partial charge in [-0.2, -0.15) is 0 Å². The Morgan fingerprint density at radius 2 is 2.36 bits per heavy atom. The lowest BCUT2D eigenvalue weighted by molar-refractivity contribution is -0.141. The van der Waals surface area contributed by atoms with E-state index in [1.807, 2.05) is 0 Å². The van der Waals surface area contributed by atoms with Gasteiger partial charge in [-0.1, -0.05) is 0 Å². The van der Waals surface area contributed by atoms with Gasteiger partial charge in [-0.15, -0.1) is 4.91 Å². The summed E-state index contributed by atoms with van der Waals surface area (Å²) in [6.07, 6.45) is 0.0444. The summed E-state index contributed by atoms with van der Waals surface area (Å²) in [5, 5.41) is 11.6. The molecule has 0 saturated carbocycles. The minimum absolute atomic E-state index is 0.0444. The fraction of sp³-hybridized carbons (Fsp3) is 0.800. The molecule has 0 amide bonds. The molecule has 0 aromatic rings. The van der Waals surface area contributed by atoms with Crippen molar-refractivity contribution in [2.45, 2.75) is 6.42 Å². The van der Waals surface area contributed by atoms with Crippen LogP contribution in [0.1, 0.15) is 6.42 Å². The number of carbonyl (C=O) groups is 1. The quantitative estimate of drug-likeness (QED) is 0.255. The van der Waals surface area contributed by atoms with Crippen LogP contribution in [-0.2, 0) is 9.53 Å². The monoisotopic (exact) mass is 162 g/mol. The van der Waals surface area contributed by atoms with Crippen LogP contribution in [-0.4, -0.2) is 36.5 Å². The van der Waals surface area contributed by atoms with Crippen LogP contribution in [0.5, 0.6) is 0 Å². The van der Waals surface area contributed by atoms with E-state index in [1.165, 1.54) is 7.11 Å². The predicted octanol–water partition coefficient (Wildman–Crippen LogP) is -0.517. The van der Waals surface area contributed by atoms with Crippen molar-refractivity contribution in [3.05, 3.63) is 4.91 Å². The molecule has 64 valence electrons. The van der Waals surface area contributed by atoms with Crippen molar-refractivity contribution in [1.82, 2.24) is 5.01 Å². The topological polar surface area (TPSA) is 79.2 Å². The SMILES string of the molecule is COC(=O)CCN(CO)N=O. The van der Waals surface area contributed by atoms with E-state index >= 15 is 0 Å². The van der Waals surface area contributed by atoms with Crippen molar-refractivity contribution in [2.24, 2.45) is 5.29 Å². The van der Waals surface area contributed by atoms with Crippen LogP contribution in [0.25, 0.3) is 0 Å². The smallest absolute Gasteiger partial charge is 0.307 e. The standard InChI is InChI=1S/C5H10N2O4/c1-11-5(9)2-3-7(4-8)6-10/h8H,2-4H2,1H3. The second-order valence-electron chi connectivity index (χ2n) is 1.78. The van der Waals surface area contributed by atoms with Crippen LogP contribution in [0, 0.1) is 4.91 Å². The van der Waals surface area contributed by atoms with Crippen LogP contribution in [0.3, 0.4) is 0 Å². The normalized spacial score (nSPS) is 8.91. The zero-order chi connectivity index (χ0) is 8.69. The van der Waals surface area contributed by atoms with Crippen LogP contribution >= 0.6 is 0 Å². The Hall–Kier alpha value is -1.17. The summed E-state index contributed by atoms with van der Waals surface area (Å²) < 4.78 is 4.30. The second kappa shape index (κ2) is 5.60. The number of nitroso groups, excluding NO2 is 1. The van der Waals surface area contributed by atoms with Gasteiger partial charge in [0.2, 0.25) is 0 Å². The largest absolute Gasteiger partial charge is 0.469 e. The highest BCUT2D eigenvalue weighted by Crippen LogP contribution is 1.91. The number of aliphatic hydroxyl groups is 1. The van der Waals surface area contributed by atoms with Crippen molar-refractivity contribution in [2.75, 3.05) is 20.4 Å². The molecule has 0 rings (SSSR count). The summed E-state index contributed by atoms with van der Waals surface area (Å²) >= 11 is 0. The maximum absolute atomic E-state index is 10.5. The molecule has 0 spiro atoms. The number of ether oxygens (including phenoxy) is 1. The maximum atomic E-state index is 10.5. The number of hydrogen-bond acceptors (Lipinski definition) is 5. The highest BCUT2D eigenvalue weighted by atomic mass is 16.5. The summed E-state index contributed by atoms with van der Waals surface area (Å²) in [6.45, 7) is -0.410. The maximum Gasteiger partial charge on any atom is 0.307 e. The van der Waals surface area contributed by atoms with Crippen LogP contribution < -0.4 is 0 Å². The highest BCUT2D eigenvalue weighted by molar-refractivity contribution is 5.69. The lowest BCUT2D eigenvalue weighted by Gasteiger charge is -2.09. The third kappa shape index (κ3) is 4.26. The molecule has 6 heteroatoms. The molecule has 0 heterocycles. The van der Waals surface area contributed by atoms with E-state index in [-0.39, 0.29) is 13.0 Å². The average molecular weight is 162 g/mol. The van der Waals surface area contributed by atoms with E-state index in [0.29, 0.717) is 0 Å². The van der Waals surface area contributed by atoms with Crippen LogP contribution in [0.4, 0.5) is 0 Å². The Kier molecular flexibility index (Phi) is 5.01. The average Bonchev–Trinajstić information content (AvgIpc) is 2.06. The summed E-state index contributed by atoms with van der Waals surface area (Å²) in [7, 11) is 1.25. The minimum atomic E-state index is -0.486. The third-order valence-electron chi connectivity index (χ3n) is 1.08. The number of carbonyl (C=O) groups excluding carboxylic acids is 1. The van der Waals surface area contributed by atoms with Crippen molar-refractivity contribution in [1.29, 1.82) is 0 Å². The van der Waals surface area contributed by atoms with Crippen LogP contribution in [0.15, 0.2) is 5.29 Å². The summed E-state index contributed by atoms with van der Waals surface area (Å²) in [4.78, 5) is 20.3. The van der Waals surface area contributed by atoms with Gasteiger partial charge in [0.25, 0.3) is 0 Å². The molecule has 0 aliphatic rings. The van der Waals surface area contributed by atoms with E-state index in [2.05, 4.69) is 10.0 Å². The summed E-state index contributed by atoms with van der Waals surface area (Å²) in [5.41, 5.74) is 0. The van der Waals surface area contributed by atoms with Crippen molar-refractivity contribution < 1.29 is 14.6 Å². The molecule has 0 fully saturated rings. The predicted molar refractivity (Wildman–Crippen MR) is 36.2 cm³/mol. The Bertz CT molecular complexity index is 138. The van der Waals surface area contributed by atoms with Gasteiger partial charge in [-0.05, 0) is 0 Å². The van der Waals surface area contributed by atoms with Crippen molar-refractivity contribution in [3.63, 3.8) is 0 Å². The summed E-state index contributed by atoms with van der Waals surface area (Å²) in [6, 6.07) is 0. The minimum Gasteiger partial charge on any atom is -0.469 e. The molecular formula is C5H10N2O4. The first-order valence-corrected chi connectivity index (χ1v) is 3.00. The van der Waals surface area contributed by atoms with Gasteiger partial charge in [-0.25, -0.2) is 5.01 Å². The Balaban J connectivity index is 3.50. The summed E-state index contributed by atoms with van der Waals surface area (Å²) in [5.74, 6) is -0.438. The Morgan fingerprint density at radius 1 is 1.73 bits per heavy atom. The van der Waals surface area contributed by atoms with Gasteiger partial charge in [0, 0.05) is 0 Å². The van der Waals surface area contributed by atoms with E-state index in [4.69, 9.17) is 5.11 Å². The molecule has 0 aromatic heterocycles. The number of methoxy groups -OCH3 is 1. The molecule has 0 saturated heterocycles. The van der Waals surface area contributed by atoms with E-state index in [0.717, 1.165) is 5.01 Å². The highest BCUT2D eigenvalue weighted by Gasteiger charge is 2.04. The lowest BCUT2D eigenvalue weighted by atomic mass is 10.4. The van der Waals surface area contributed by atoms with E-state index in [1.54, 1.807) is 0 Å². The van der Waals surface area contributed by atoms with Crippen LogP contribution in [0.2, 0.25) is 0 Å². The molecule has 0 aromatic carbocycles. The fourth-order valence-electron chi connectivity index (χ4n) is 0.460. The first-order chi connectivity index (χ1) is 5.24. The van der Waals surface area contributed by atoms with Crippen molar-refractivity contribution in [3.8, 4) is 0 Å².